The fraction of sp³-hybridized carbons (Fsp3) is 0.500. The average molecular weight is 373 g/mol. The van der Waals surface area contributed by atoms with Crippen LogP contribution >= 0.6 is 11.6 Å². The van der Waals surface area contributed by atoms with E-state index in [1.54, 1.807) is 25.2 Å². The molecule has 0 radical (unpaired) electrons. The summed E-state index contributed by atoms with van der Waals surface area (Å²) >= 11 is 6.00. The summed E-state index contributed by atoms with van der Waals surface area (Å²) in [5.41, 5.74) is 1.41. The van der Waals surface area contributed by atoms with Gasteiger partial charge in [-0.15, -0.1) is 0 Å². The molecule has 24 heavy (non-hydrogen) atoms. The van der Waals surface area contributed by atoms with Crippen LogP contribution in [0.25, 0.3) is 0 Å². The van der Waals surface area contributed by atoms with Gasteiger partial charge < -0.3 is 9.80 Å². The Hall–Kier alpha value is -1.60. The van der Waals surface area contributed by atoms with Crippen LogP contribution in [0.5, 0.6) is 0 Å². The molecule has 1 unspecified atom stereocenters. The third kappa shape index (κ3) is 4.27. The van der Waals surface area contributed by atoms with E-state index in [4.69, 9.17) is 11.6 Å². The molecule has 1 aliphatic rings. The van der Waals surface area contributed by atoms with Crippen LogP contribution in [0, 0.1) is 6.92 Å². The highest BCUT2D eigenvalue weighted by Crippen LogP contribution is 2.25. The first-order valence-electron chi connectivity index (χ1n) is 7.61. The van der Waals surface area contributed by atoms with Gasteiger partial charge in [-0.3, -0.25) is 9.59 Å². The minimum Gasteiger partial charge on any atom is -0.340 e. The van der Waals surface area contributed by atoms with Crippen LogP contribution in [0.2, 0.25) is 5.02 Å². The number of hydrogen-bond acceptors (Lipinski definition) is 4. The number of carbonyl (C=O) groups excluding carboxylic acids is 2. The third-order valence-electron chi connectivity index (χ3n) is 4.28. The van der Waals surface area contributed by atoms with E-state index in [-0.39, 0.29) is 35.9 Å². The Morgan fingerprint density at radius 3 is 2.54 bits per heavy atom. The van der Waals surface area contributed by atoms with Crippen LogP contribution in [0.4, 0.5) is 5.69 Å². The van der Waals surface area contributed by atoms with Gasteiger partial charge in [0, 0.05) is 30.7 Å². The molecule has 0 aliphatic carbocycles. The molecule has 1 fully saturated rings. The number of carbonyl (C=O) groups is 2. The molecule has 1 aromatic rings. The Balaban J connectivity index is 2.17. The van der Waals surface area contributed by atoms with Crippen molar-refractivity contribution in [3.05, 3.63) is 28.8 Å². The maximum atomic E-state index is 12.5. The van der Waals surface area contributed by atoms with Crippen LogP contribution in [0.1, 0.15) is 18.9 Å². The lowest BCUT2D eigenvalue weighted by Crippen LogP contribution is -2.45. The van der Waals surface area contributed by atoms with Crippen LogP contribution < -0.4 is 4.90 Å². The van der Waals surface area contributed by atoms with E-state index in [9.17, 15) is 18.0 Å². The Morgan fingerprint density at radius 2 is 2.00 bits per heavy atom. The van der Waals surface area contributed by atoms with Crippen molar-refractivity contribution < 1.29 is 18.0 Å². The van der Waals surface area contributed by atoms with Gasteiger partial charge in [-0.2, -0.15) is 0 Å². The molecule has 0 bridgehead atoms. The fourth-order valence-corrected chi connectivity index (χ4v) is 4.71. The summed E-state index contributed by atoms with van der Waals surface area (Å²) in [4.78, 5) is 27.3. The molecule has 1 atom stereocenters. The lowest BCUT2D eigenvalue weighted by Gasteiger charge is -2.28. The van der Waals surface area contributed by atoms with E-state index in [0.29, 0.717) is 17.1 Å². The van der Waals surface area contributed by atoms with Crippen molar-refractivity contribution in [2.24, 2.45) is 0 Å². The van der Waals surface area contributed by atoms with Crippen molar-refractivity contribution in [3.8, 4) is 0 Å². The molecule has 8 heteroatoms. The summed E-state index contributed by atoms with van der Waals surface area (Å²) < 4.78 is 23.2. The highest BCUT2D eigenvalue weighted by atomic mass is 35.5. The smallest absolute Gasteiger partial charge is 0.242 e. The van der Waals surface area contributed by atoms with Crippen LogP contribution in [-0.2, 0) is 19.4 Å². The summed E-state index contributed by atoms with van der Waals surface area (Å²) in [6.45, 7) is 3.07. The van der Waals surface area contributed by atoms with Crippen LogP contribution in [0.15, 0.2) is 18.2 Å². The van der Waals surface area contributed by atoms with E-state index in [1.807, 2.05) is 6.92 Å². The quantitative estimate of drug-likeness (QED) is 0.805. The molecule has 2 rings (SSSR count). The second-order valence-corrected chi connectivity index (χ2v) is 8.76. The molecule has 0 N–H and O–H groups in total. The van der Waals surface area contributed by atoms with Gasteiger partial charge in [0.05, 0.1) is 11.5 Å². The minimum absolute atomic E-state index is 0.0223. The SMILES string of the molecule is CC(=O)N(CC(=O)N(C)C1CCS(=O)(=O)C1)c1cc(Cl)ccc1C. The Morgan fingerprint density at radius 1 is 1.33 bits per heavy atom. The molecule has 1 heterocycles. The van der Waals surface area contributed by atoms with Crippen molar-refractivity contribution in [2.75, 3.05) is 30.0 Å². The van der Waals surface area contributed by atoms with Gasteiger partial charge in [0.1, 0.15) is 6.54 Å². The largest absolute Gasteiger partial charge is 0.340 e. The molecular formula is C16H21ClN2O4S. The van der Waals surface area contributed by atoms with Gasteiger partial charge in [-0.1, -0.05) is 17.7 Å². The number of aryl methyl sites for hydroxylation is 1. The number of nitrogens with zero attached hydrogens (tertiary/aromatic N) is 2. The zero-order chi connectivity index (χ0) is 18.1. The molecule has 0 aromatic heterocycles. The van der Waals surface area contributed by atoms with E-state index in [2.05, 4.69) is 0 Å². The predicted octanol–water partition coefficient (Wildman–Crippen LogP) is 1.65. The summed E-state index contributed by atoms with van der Waals surface area (Å²) in [5.74, 6) is -0.502. The fourth-order valence-electron chi connectivity index (χ4n) is 2.77. The standard InChI is InChI=1S/C16H21ClN2O4S/c1-11-4-5-13(17)8-15(11)19(12(2)20)9-16(21)18(3)14-6-7-24(22,23)10-14/h4-5,8,14H,6-7,9-10H2,1-3H3. The molecule has 2 amide bonds. The minimum atomic E-state index is -3.08. The van der Waals surface area contributed by atoms with Gasteiger partial charge in [0.2, 0.25) is 11.8 Å². The van der Waals surface area contributed by atoms with Gasteiger partial charge in [0.25, 0.3) is 0 Å². The molecule has 1 saturated heterocycles. The Kier molecular flexibility index (Phi) is 5.55. The average Bonchev–Trinajstić information content (AvgIpc) is 2.86. The van der Waals surface area contributed by atoms with E-state index >= 15 is 0 Å². The summed E-state index contributed by atoms with van der Waals surface area (Å²) in [7, 11) is -1.49. The maximum Gasteiger partial charge on any atom is 0.242 e. The topological polar surface area (TPSA) is 74.8 Å². The van der Waals surface area contributed by atoms with Crippen LogP contribution in [-0.4, -0.2) is 56.3 Å². The van der Waals surface area contributed by atoms with Crippen molar-refractivity contribution >= 4 is 38.9 Å². The summed E-state index contributed by atoms with van der Waals surface area (Å²) in [6, 6.07) is 4.81. The maximum absolute atomic E-state index is 12.5. The number of halogens is 1. The van der Waals surface area contributed by atoms with E-state index in [1.165, 1.54) is 16.7 Å². The lowest BCUT2D eigenvalue weighted by molar-refractivity contribution is -0.131. The van der Waals surface area contributed by atoms with E-state index < -0.39 is 9.84 Å². The number of benzene rings is 1. The number of amides is 2. The summed E-state index contributed by atoms with van der Waals surface area (Å²) in [5, 5.41) is 0.476. The molecule has 132 valence electrons. The molecule has 0 spiro atoms. The Labute approximate surface area is 147 Å². The number of rotatable bonds is 4. The van der Waals surface area contributed by atoms with Crippen molar-refractivity contribution in [3.63, 3.8) is 0 Å². The first kappa shape index (κ1) is 18.7. The molecule has 0 saturated carbocycles. The Bertz CT molecular complexity index is 763. The predicted molar refractivity (Wildman–Crippen MR) is 94.0 cm³/mol. The van der Waals surface area contributed by atoms with Gasteiger partial charge in [-0.25, -0.2) is 8.42 Å². The molecular weight excluding hydrogens is 352 g/mol. The first-order chi connectivity index (χ1) is 11.1. The van der Waals surface area contributed by atoms with E-state index in [0.717, 1.165) is 5.56 Å². The second-order valence-electron chi connectivity index (χ2n) is 6.10. The highest BCUT2D eigenvalue weighted by molar-refractivity contribution is 7.91. The number of anilines is 1. The van der Waals surface area contributed by atoms with Crippen molar-refractivity contribution in [1.29, 1.82) is 0 Å². The third-order valence-corrected chi connectivity index (χ3v) is 6.27. The van der Waals surface area contributed by atoms with Crippen molar-refractivity contribution in [1.82, 2.24) is 4.90 Å². The summed E-state index contributed by atoms with van der Waals surface area (Å²) in [6.07, 6.45) is 0.431. The normalized spacial score (nSPS) is 19.1. The zero-order valence-corrected chi connectivity index (χ0v) is 15.5. The number of sulfone groups is 1. The lowest BCUT2D eigenvalue weighted by atomic mass is 10.1. The highest BCUT2D eigenvalue weighted by Gasteiger charge is 2.33. The number of likely N-dealkylation sites (N-methyl/N-ethyl adjacent to an activating group) is 1. The van der Waals surface area contributed by atoms with Gasteiger partial charge in [0.15, 0.2) is 9.84 Å². The molecule has 1 aromatic carbocycles. The van der Waals surface area contributed by atoms with Gasteiger partial charge in [-0.05, 0) is 31.0 Å². The molecule has 6 nitrogen and oxygen atoms in total. The zero-order valence-electron chi connectivity index (χ0n) is 14.0. The van der Waals surface area contributed by atoms with Crippen molar-refractivity contribution in [2.45, 2.75) is 26.3 Å². The molecule has 1 aliphatic heterocycles. The van der Waals surface area contributed by atoms with Crippen LogP contribution in [0.3, 0.4) is 0 Å². The van der Waals surface area contributed by atoms with Gasteiger partial charge >= 0.3 is 0 Å². The second kappa shape index (κ2) is 7.11. The first-order valence-corrected chi connectivity index (χ1v) is 9.81. The monoisotopic (exact) mass is 372 g/mol. The number of hydrogen-bond donors (Lipinski definition) is 0.